The highest BCUT2D eigenvalue weighted by molar-refractivity contribution is 5.67. The van der Waals surface area contributed by atoms with Gasteiger partial charge in [0, 0.05) is 18.3 Å². The van der Waals surface area contributed by atoms with E-state index in [9.17, 15) is 15.0 Å². The molecule has 0 saturated carbocycles. The molecule has 0 spiro atoms. The number of nitrogens with zero attached hydrogens (tertiary/aromatic N) is 1. The van der Waals surface area contributed by atoms with E-state index >= 15 is 0 Å². The molecule has 0 radical (unpaired) electrons. The van der Waals surface area contributed by atoms with Gasteiger partial charge in [-0.25, -0.2) is 4.79 Å². The van der Waals surface area contributed by atoms with Gasteiger partial charge in [0.1, 0.15) is 31.2 Å². The van der Waals surface area contributed by atoms with E-state index in [1.54, 1.807) is 6.07 Å². The van der Waals surface area contributed by atoms with Crippen LogP contribution in [0.15, 0.2) is 79.1 Å². The highest BCUT2D eigenvalue weighted by Crippen LogP contribution is 2.21. The van der Waals surface area contributed by atoms with E-state index in [1.807, 2.05) is 60.7 Å². The summed E-state index contributed by atoms with van der Waals surface area (Å²) >= 11 is 0. The smallest absolute Gasteiger partial charge is 0.407 e. The summed E-state index contributed by atoms with van der Waals surface area (Å²) in [5, 5.41) is 23.0. The third-order valence-corrected chi connectivity index (χ3v) is 4.36. The fourth-order valence-corrected chi connectivity index (χ4v) is 2.71. The van der Waals surface area contributed by atoms with Crippen molar-refractivity contribution in [2.75, 3.05) is 6.54 Å². The summed E-state index contributed by atoms with van der Waals surface area (Å²) in [5.74, 6) is 0.470. The van der Waals surface area contributed by atoms with Gasteiger partial charge < -0.3 is 25.0 Å². The lowest BCUT2D eigenvalue weighted by Crippen LogP contribution is -2.35. The highest BCUT2D eigenvalue weighted by atomic mass is 16.5. The summed E-state index contributed by atoms with van der Waals surface area (Å²) in [6.45, 7) is 0.305. The number of rotatable bonds is 9. The molecule has 156 valence electrons. The van der Waals surface area contributed by atoms with Crippen molar-refractivity contribution in [2.45, 2.75) is 25.4 Å². The van der Waals surface area contributed by atoms with Crippen LogP contribution in [0.5, 0.6) is 5.75 Å². The predicted molar refractivity (Wildman–Crippen MR) is 111 cm³/mol. The summed E-state index contributed by atoms with van der Waals surface area (Å²) in [4.78, 5) is 15.8. The molecular formula is C23H24N2O5. The largest absolute Gasteiger partial charge is 0.487 e. The molecule has 2 aromatic carbocycles. The molecule has 3 rings (SSSR count). The first kappa shape index (κ1) is 21.3. The number of alkyl carbamates (subject to hydrolysis) is 1. The fourth-order valence-electron chi connectivity index (χ4n) is 2.71. The number of carbonyl (C=O) groups excluding carboxylic acids is 1. The van der Waals surface area contributed by atoms with E-state index in [1.165, 1.54) is 12.4 Å². The van der Waals surface area contributed by atoms with Crippen LogP contribution in [-0.4, -0.2) is 33.9 Å². The molecule has 0 aliphatic carbocycles. The van der Waals surface area contributed by atoms with Gasteiger partial charge in [-0.1, -0.05) is 60.7 Å². The number of amides is 1. The molecule has 7 heteroatoms. The Morgan fingerprint density at radius 3 is 2.23 bits per heavy atom. The van der Waals surface area contributed by atoms with Crippen LogP contribution >= 0.6 is 0 Å². The monoisotopic (exact) mass is 408 g/mol. The van der Waals surface area contributed by atoms with E-state index in [-0.39, 0.29) is 13.2 Å². The van der Waals surface area contributed by atoms with E-state index in [4.69, 9.17) is 9.47 Å². The number of pyridine rings is 1. The lowest BCUT2D eigenvalue weighted by atomic mass is 10.1. The third kappa shape index (κ3) is 6.58. The molecule has 2 unspecified atom stereocenters. The Kier molecular flexibility index (Phi) is 7.77. The third-order valence-electron chi connectivity index (χ3n) is 4.36. The Morgan fingerprint density at radius 1 is 0.933 bits per heavy atom. The zero-order valence-electron chi connectivity index (χ0n) is 16.3. The Hall–Kier alpha value is -3.42. The van der Waals surface area contributed by atoms with Gasteiger partial charge in [0.05, 0.1) is 6.20 Å². The molecule has 0 fully saturated rings. The average molecular weight is 408 g/mol. The molecule has 0 bridgehead atoms. The topological polar surface area (TPSA) is 101 Å². The molecule has 2 atom stereocenters. The van der Waals surface area contributed by atoms with Crippen molar-refractivity contribution in [1.82, 2.24) is 10.3 Å². The van der Waals surface area contributed by atoms with E-state index in [0.29, 0.717) is 17.9 Å². The first-order chi connectivity index (χ1) is 14.6. The van der Waals surface area contributed by atoms with Crippen molar-refractivity contribution in [2.24, 2.45) is 0 Å². The maximum Gasteiger partial charge on any atom is 0.407 e. The molecule has 3 N–H and O–H groups in total. The van der Waals surface area contributed by atoms with Crippen molar-refractivity contribution >= 4 is 6.09 Å². The molecule has 1 heterocycles. The van der Waals surface area contributed by atoms with Crippen LogP contribution in [0.4, 0.5) is 4.79 Å². The summed E-state index contributed by atoms with van der Waals surface area (Å²) in [6, 6.07) is 20.5. The van der Waals surface area contributed by atoms with Crippen LogP contribution in [-0.2, 0) is 18.0 Å². The number of aliphatic hydroxyl groups is 2. The van der Waals surface area contributed by atoms with Gasteiger partial charge in [0.2, 0.25) is 0 Å². The van der Waals surface area contributed by atoms with Gasteiger partial charge in [-0.15, -0.1) is 0 Å². The van der Waals surface area contributed by atoms with E-state index < -0.39 is 18.3 Å². The quantitative estimate of drug-likeness (QED) is 0.503. The maximum absolute atomic E-state index is 11.8. The minimum Gasteiger partial charge on any atom is -0.487 e. The number of aliphatic hydroxyl groups excluding tert-OH is 2. The van der Waals surface area contributed by atoms with Crippen LogP contribution in [0.25, 0.3) is 0 Å². The SMILES string of the molecule is O=C(NCC(O)C(O)c1cncc(OCc2ccccc2)c1)OCc1ccccc1. The van der Waals surface area contributed by atoms with Crippen LogP contribution in [0.2, 0.25) is 0 Å². The molecular weight excluding hydrogens is 384 g/mol. The summed E-state index contributed by atoms with van der Waals surface area (Å²) < 4.78 is 10.8. The van der Waals surface area contributed by atoms with Gasteiger partial charge >= 0.3 is 6.09 Å². The Labute approximate surface area is 174 Å². The maximum atomic E-state index is 11.8. The molecule has 1 aromatic heterocycles. The van der Waals surface area contributed by atoms with Gasteiger partial charge in [-0.3, -0.25) is 4.98 Å². The second-order valence-electron chi connectivity index (χ2n) is 6.68. The van der Waals surface area contributed by atoms with Crippen molar-refractivity contribution in [3.05, 3.63) is 95.8 Å². The average Bonchev–Trinajstić information content (AvgIpc) is 2.81. The van der Waals surface area contributed by atoms with Crippen molar-refractivity contribution in [3.63, 3.8) is 0 Å². The number of nitrogens with one attached hydrogen (secondary N) is 1. The summed E-state index contributed by atoms with van der Waals surface area (Å²) in [6.07, 6.45) is -0.183. The minimum absolute atomic E-state index is 0.121. The lowest BCUT2D eigenvalue weighted by molar-refractivity contribution is 0.0180. The zero-order chi connectivity index (χ0) is 21.2. The number of carbonyl (C=O) groups is 1. The number of aromatic nitrogens is 1. The van der Waals surface area contributed by atoms with E-state index in [2.05, 4.69) is 10.3 Å². The van der Waals surface area contributed by atoms with Gasteiger partial charge in [-0.2, -0.15) is 0 Å². The highest BCUT2D eigenvalue weighted by Gasteiger charge is 2.20. The standard InChI is InChI=1S/C23H24N2O5/c26-21(14-25-23(28)30-16-18-9-5-2-6-10-18)22(27)19-11-20(13-24-12-19)29-15-17-7-3-1-4-8-17/h1-13,21-22,26-27H,14-16H2,(H,25,28). The lowest BCUT2D eigenvalue weighted by Gasteiger charge is -2.19. The Bertz CT molecular complexity index is 921. The Morgan fingerprint density at radius 2 is 1.57 bits per heavy atom. The first-order valence-corrected chi connectivity index (χ1v) is 9.54. The number of ether oxygens (including phenoxy) is 2. The molecule has 3 aromatic rings. The van der Waals surface area contributed by atoms with Crippen molar-refractivity contribution in [1.29, 1.82) is 0 Å². The fraction of sp³-hybridized carbons (Fsp3) is 0.217. The first-order valence-electron chi connectivity index (χ1n) is 9.54. The van der Waals surface area contributed by atoms with Gasteiger partial charge in [-0.05, 0) is 17.2 Å². The second kappa shape index (κ2) is 10.9. The minimum atomic E-state index is -1.24. The number of benzene rings is 2. The molecule has 1 amide bonds. The van der Waals surface area contributed by atoms with Gasteiger partial charge in [0.25, 0.3) is 0 Å². The van der Waals surface area contributed by atoms with Crippen LogP contribution in [0.1, 0.15) is 22.8 Å². The number of hydrogen-bond donors (Lipinski definition) is 3. The predicted octanol–water partition coefficient (Wildman–Crippen LogP) is 2.98. The number of hydrogen-bond acceptors (Lipinski definition) is 6. The summed E-state index contributed by atoms with van der Waals surface area (Å²) in [7, 11) is 0. The van der Waals surface area contributed by atoms with Crippen molar-refractivity contribution < 1.29 is 24.5 Å². The summed E-state index contributed by atoms with van der Waals surface area (Å²) in [5.41, 5.74) is 2.24. The molecule has 0 saturated heterocycles. The molecule has 7 nitrogen and oxygen atoms in total. The second-order valence-corrected chi connectivity index (χ2v) is 6.68. The Balaban J connectivity index is 1.46. The normalized spacial score (nSPS) is 12.6. The molecule has 30 heavy (non-hydrogen) atoms. The zero-order valence-corrected chi connectivity index (χ0v) is 16.3. The molecule has 0 aliphatic heterocycles. The van der Waals surface area contributed by atoms with E-state index in [0.717, 1.165) is 11.1 Å². The van der Waals surface area contributed by atoms with Crippen LogP contribution in [0.3, 0.4) is 0 Å². The molecule has 0 aliphatic rings. The van der Waals surface area contributed by atoms with Crippen LogP contribution in [0, 0.1) is 0 Å². The van der Waals surface area contributed by atoms with Crippen LogP contribution < -0.4 is 10.1 Å². The van der Waals surface area contributed by atoms with Crippen molar-refractivity contribution in [3.8, 4) is 5.75 Å². The van der Waals surface area contributed by atoms with Gasteiger partial charge in [0.15, 0.2) is 0 Å².